The Morgan fingerprint density at radius 1 is 1.20 bits per heavy atom. The van der Waals surface area contributed by atoms with Gasteiger partial charge in [0.2, 0.25) is 10.0 Å². The fourth-order valence-corrected chi connectivity index (χ4v) is 3.72. The molecule has 1 aliphatic rings. The van der Waals surface area contributed by atoms with Gasteiger partial charge in [0, 0.05) is 18.6 Å². The fourth-order valence-electron chi connectivity index (χ4n) is 2.97. The van der Waals surface area contributed by atoms with E-state index in [1.54, 1.807) is 12.1 Å². The van der Waals surface area contributed by atoms with Crippen molar-refractivity contribution >= 4 is 15.7 Å². The highest BCUT2D eigenvalue weighted by Gasteiger charge is 2.26. The monoisotopic (exact) mass is 297 g/mol. The van der Waals surface area contributed by atoms with E-state index in [1.165, 1.54) is 0 Å². The molecule has 4 N–H and O–H groups in total. The molecule has 0 radical (unpaired) electrons. The number of para-hydroxylation sites is 1. The van der Waals surface area contributed by atoms with Gasteiger partial charge >= 0.3 is 0 Å². The van der Waals surface area contributed by atoms with Gasteiger partial charge in [0.25, 0.3) is 0 Å². The second kappa shape index (κ2) is 6.11. The van der Waals surface area contributed by atoms with Crippen molar-refractivity contribution in [2.24, 2.45) is 10.9 Å². The topological polar surface area (TPSA) is 89.4 Å². The van der Waals surface area contributed by atoms with Crippen LogP contribution in [0.2, 0.25) is 0 Å². The molecule has 6 heteroatoms. The van der Waals surface area contributed by atoms with E-state index in [9.17, 15) is 8.42 Å². The van der Waals surface area contributed by atoms with Gasteiger partial charge in [-0.05, 0) is 44.7 Å². The van der Waals surface area contributed by atoms with Gasteiger partial charge in [0.05, 0.1) is 5.69 Å². The lowest BCUT2D eigenvalue weighted by Crippen LogP contribution is -2.41. The van der Waals surface area contributed by atoms with Crippen LogP contribution < -0.4 is 15.8 Å². The van der Waals surface area contributed by atoms with Gasteiger partial charge in [-0.15, -0.1) is 0 Å². The maximum Gasteiger partial charge on any atom is 0.240 e. The standard InChI is InChI=1S/C14H23N3O2S/c1-2-17(12-9-7-11(15)8-10-12)13-5-3-4-6-14(13)20(16,18)19/h3-6,11-12H,2,7-10,15H2,1H3,(H2,16,18,19). The average Bonchev–Trinajstić information content (AvgIpc) is 2.41. The third-order valence-electron chi connectivity index (χ3n) is 4.00. The van der Waals surface area contributed by atoms with Crippen molar-refractivity contribution in [3.63, 3.8) is 0 Å². The molecule has 0 aliphatic heterocycles. The summed E-state index contributed by atoms with van der Waals surface area (Å²) in [6.07, 6.45) is 3.96. The van der Waals surface area contributed by atoms with Gasteiger partial charge in [-0.2, -0.15) is 0 Å². The zero-order valence-electron chi connectivity index (χ0n) is 11.8. The number of hydrogen-bond donors (Lipinski definition) is 2. The van der Waals surface area contributed by atoms with E-state index >= 15 is 0 Å². The minimum atomic E-state index is -3.70. The summed E-state index contributed by atoms with van der Waals surface area (Å²) in [5.74, 6) is 0. The number of hydrogen-bond acceptors (Lipinski definition) is 4. The largest absolute Gasteiger partial charge is 0.368 e. The number of anilines is 1. The molecule has 1 fully saturated rings. The Morgan fingerprint density at radius 3 is 2.35 bits per heavy atom. The number of sulfonamides is 1. The average molecular weight is 297 g/mol. The Balaban J connectivity index is 2.33. The highest BCUT2D eigenvalue weighted by atomic mass is 32.2. The molecule has 0 spiro atoms. The molecule has 1 aromatic rings. The third kappa shape index (κ3) is 3.31. The summed E-state index contributed by atoms with van der Waals surface area (Å²) in [4.78, 5) is 2.35. The van der Waals surface area contributed by atoms with E-state index in [-0.39, 0.29) is 10.9 Å². The number of nitrogens with zero attached hydrogens (tertiary/aromatic N) is 1. The van der Waals surface area contributed by atoms with Crippen LogP contribution in [0.25, 0.3) is 0 Å². The molecule has 0 saturated heterocycles. The number of primary sulfonamides is 1. The minimum Gasteiger partial charge on any atom is -0.368 e. The third-order valence-corrected chi connectivity index (χ3v) is 4.96. The molecule has 5 nitrogen and oxygen atoms in total. The lowest BCUT2D eigenvalue weighted by Gasteiger charge is -2.37. The first-order valence-corrected chi connectivity index (χ1v) is 8.62. The van der Waals surface area contributed by atoms with Gasteiger partial charge in [0.1, 0.15) is 4.90 Å². The minimum absolute atomic E-state index is 0.205. The molecule has 1 saturated carbocycles. The van der Waals surface area contributed by atoms with Crippen molar-refractivity contribution in [2.45, 2.75) is 49.6 Å². The van der Waals surface area contributed by atoms with Gasteiger partial charge in [0.15, 0.2) is 0 Å². The van der Waals surface area contributed by atoms with Crippen LogP contribution in [0.3, 0.4) is 0 Å². The van der Waals surface area contributed by atoms with E-state index in [0.29, 0.717) is 11.7 Å². The normalized spacial score (nSPS) is 23.6. The first-order chi connectivity index (χ1) is 9.43. The molecular weight excluding hydrogens is 274 g/mol. The van der Waals surface area contributed by atoms with Gasteiger partial charge in [-0.1, -0.05) is 12.1 Å². The molecule has 2 rings (SSSR count). The maximum absolute atomic E-state index is 11.7. The molecular formula is C14H23N3O2S. The summed E-state index contributed by atoms with van der Waals surface area (Å²) in [5.41, 5.74) is 6.65. The molecule has 112 valence electrons. The van der Waals surface area contributed by atoms with Crippen molar-refractivity contribution in [2.75, 3.05) is 11.4 Å². The van der Waals surface area contributed by atoms with E-state index in [2.05, 4.69) is 4.90 Å². The Labute approximate surface area is 121 Å². The fraction of sp³-hybridized carbons (Fsp3) is 0.571. The molecule has 1 aromatic carbocycles. The maximum atomic E-state index is 11.7. The van der Waals surface area contributed by atoms with Crippen molar-refractivity contribution in [1.82, 2.24) is 0 Å². The molecule has 0 amide bonds. The van der Waals surface area contributed by atoms with Crippen LogP contribution in [0.15, 0.2) is 29.2 Å². The molecule has 1 aliphatic carbocycles. The van der Waals surface area contributed by atoms with E-state index < -0.39 is 10.0 Å². The Kier molecular flexibility index (Phi) is 4.67. The Hall–Kier alpha value is -1.11. The zero-order chi connectivity index (χ0) is 14.8. The van der Waals surface area contributed by atoms with Gasteiger partial charge in [-0.25, -0.2) is 13.6 Å². The van der Waals surface area contributed by atoms with Crippen molar-refractivity contribution < 1.29 is 8.42 Å². The summed E-state index contributed by atoms with van der Waals surface area (Å²) >= 11 is 0. The van der Waals surface area contributed by atoms with Crippen LogP contribution in [0.1, 0.15) is 32.6 Å². The number of benzene rings is 1. The van der Waals surface area contributed by atoms with Crippen LogP contribution in [-0.4, -0.2) is 27.0 Å². The quantitative estimate of drug-likeness (QED) is 0.879. The smallest absolute Gasteiger partial charge is 0.240 e. The molecule has 0 aromatic heterocycles. The molecule has 0 unspecified atom stereocenters. The van der Waals surface area contributed by atoms with Crippen LogP contribution >= 0.6 is 0 Å². The van der Waals surface area contributed by atoms with Crippen LogP contribution in [0.5, 0.6) is 0 Å². The molecule has 0 atom stereocenters. The van der Waals surface area contributed by atoms with Crippen molar-refractivity contribution in [1.29, 1.82) is 0 Å². The first-order valence-electron chi connectivity index (χ1n) is 7.07. The number of rotatable bonds is 4. The summed E-state index contributed by atoms with van der Waals surface area (Å²) in [5, 5.41) is 5.33. The number of nitrogens with two attached hydrogens (primary N) is 2. The Morgan fingerprint density at radius 2 is 1.80 bits per heavy atom. The second-order valence-electron chi connectivity index (χ2n) is 5.37. The zero-order valence-corrected chi connectivity index (χ0v) is 12.6. The van der Waals surface area contributed by atoms with Crippen molar-refractivity contribution in [3.8, 4) is 0 Å². The summed E-state index contributed by atoms with van der Waals surface area (Å²) in [7, 11) is -3.70. The van der Waals surface area contributed by atoms with Crippen LogP contribution in [-0.2, 0) is 10.0 Å². The van der Waals surface area contributed by atoms with Crippen molar-refractivity contribution in [3.05, 3.63) is 24.3 Å². The lowest BCUT2D eigenvalue weighted by atomic mass is 9.90. The van der Waals surface area contributed by atoms with Crippen LogP contribution in [0.4, 0.5) is 5.69 Å². The van der Waals surface area contributed by atoms with E-state index in [1.807, 2.05) is 19.1 Å². The summed E-state index contributed by atoms with van der Waals surface area (Å²) < 4.78 is 23.5. The lowest BCUT2D eigenvalue weighted by molar-refractivity contribution is 0.377. The summed E-state index contributed by atoms with van der Waals surface area (Å²) in [6, 6.07) is 7.57. The van der Waals surface area contributed by atoms with Gasteiger partial charge in [-0.3, -0.25) is 0 Å². The second-order valence-corrected chi connectivity index (χ2v) is 6.90. The predicted molar refractivity (Wildman–Crippen MR) is 81.1 cm³/mol. The SMILES string of the molecule is CCN(c1ccccc1S(N)(=O)=O)C1CCC(N)CC1. The first kappa shape index (κ1) is 15.3. The Bertz CT molecular complexity index is 551. The van der Waals surface area contributed by atoms with E-state index in [0.717, 1.165) is 32.2 Å². The highest BCUT2D eigenvalue weighted by molar-refractivity contribution is 7.89. The highest BCUT2D eigenvalue weighted by Crippen LogP contribution is 2.30. The van der Waals surface area contributed by atoms with E-state index in [4.69, 9.17) is 10.9 Å². The molecule has 20 heavy (non-hydrogen) atoms. The molecule has 0 bridgehead atoms. The van der Waals surface area contributed by atoms with Gasteiger partial charge < -0.3 is 10.6 Å². The summed E-state index contributed by atoms with van der Waals surface area (Å²) in [6.45, 7) is 2.79. The van der Waals surface area contributed by atoms with Crippen LogP contribution in [0, 0.1) is 0 Å². The predicted octanol–water partition coefficient (Wildman–Crippen LogP) is 1.43. The molecule has 0 heterocycles.